The van der Waals surface area contributed by atoms with Gasteiger partial charge in [-0.2, -0.15) is 5.10 Å². The Bertz CT molecular complexity index is 831. The molecule has 2 rings (SSSR count). The van der Waals surface area contributed by atoms with Gasteiger partial charge in [0.05, 0.1) is 5.69 Å². The number of nitrogens with zero attached hydrogens (tertiary/aromatic N) is 3. The zero-order valence-corrected chi connectivity index (χ0v) is 15.1. The molecule has 26 heavy (non-hydrogen) atoms. The van der Waals surface area contributed by atoms with Crippen molar-refractivity contribution in [2.75, 3.05) is 7.05 Å². The zero-order chi connectivity index (χ0) is 19.5. The van der Waals surface area contributed by atoms with Crippen molar-refractivity contribution >= 4 is 23.6 Å². The molecule has 2 aromatic rings. The zero-order valence-electron chi connectivity index (χ0n) is 14.3. The molecule has 1 aromatic heterocycles. The molecule has 0 atom stereocenters. The molecule has 0 saturated carbocycles. The van der Waals surface area contributed by atoms with E-state index in [0.29, 0.717) is 16.4 Å². The number of rotatable bonds is 5. The van der Waals surface area contributed by atoms with E-state index in [-0.39, 0.29) is 17.9 Å². The SMILES string of the molecule is Cc1nn(C)c(Cl)c1/C=C/C(=O)N(C)Cc1ccccc1OC(F)(F)F. The topological polar surface area (TPSA) is 47.4 Å². The first-order valence-electron chi connectivity index (χ1n) is 7.54. The lowest BCUT2D eigenvalue weighted by Crippen LogP contribution is -2.25. The molecule has 0 spiro atoms. The predicted octanol–water partition coefficient (Wildman–Crippen LogP) is 3.95. The molecular formula is C17H17ClF3N3O2. The first-order valence-corrected chi connectivity index (χ1v) is 7.92. The molecule has 5 nitrogen and oxygen atoms in total. The van der Waals surface area contributed by atoms with Crippen LogP contribution in [0, 0.1) is 6.92 Å². The molecule has 0 fully saturated rings. The number of para-hydroxylation sites is 1. The number of alkyl halides is 3. The fourth-order valence-electron chi connectivity index (χ4n) is 2.31. The fourth-order valence-corrected chi connectivity index (χ4v) is 2.55. The van der Waals surface area contributed by atoms with Crippen molar-refractivity contribution in [1.29, 1.82) is 0 Å². The van der Waals surface area contributed by atoms with E-state index < -0.39 is 12.3 Å². The molecule has 140 valence electrons. The molecule has 0 bridgehead atoms. The highest BCUT2D eigenvalue weighted by Crippen LogP contribution is 2.27. The lowest BCUT2D eigenvalue weighted by Gasteiger charge is -2.18. The summed E-state index contributed by atoms with van der Waals surface area (Å²) in [7, 11) is 3.16. The average molecular weight is 388 g/mol. The molecule has 0 aliphatic carbocycles. The quantitative estimate of drug-likeness (QED) is 0.730. The Morgan fingerprint density at radius 1 is 1.38 bits per heavy atom. The van der Waals surface area contributed by atoms with Gasteiger partial charge in [-0.15, -0.1) is 13.2 Å². The lowest BCUT2D eigenvalue weighted by molar-refractivity contribution is -0.275. The number of aryl methyl sites for hydroxylation is 2. The predicted molar refractivity (Wildman–Crippen MR) is 91.6 cm³/mol. The smallest absolute Gasteiger partial charge is 0.405 e. The van der Waals surface area contributed by atoms with Gasteiger partial charge in [0.25, 0.3) is 0 Å². The Balaban J connectivity index is 2.11. The highest BCUT2D eigenvalue weighted by molar-refractivity contribution is 6.31. The van der Waals surface area contributed by atoms with Crippen LogP contribution in [-0.4, -0.2) is 34.0 Å². The second-order valence-corrected chi connectivity index (χ2v) is 5.95. The Hall–Kier alpha value is -2.48. The van der Waals surface area contributed by atoms with Crippen LogP contribution < -0.4 is 4.74 Å². The van der Waals surface area contributed by atoms with Gasteiger partial charge in [-0.05, 0) is 19.1 Å². The number of likely N-dealkylation sites (N-methyl/N-ethyl adjacent to an activating group) is 1. The van der Waals surface area contributed by atoms with Crippen molar-refractivity contribution in [3.8, 4) is 5.75 Å². The van der Waals surface area contributed by atoms with E-state index >= 15 is 0 Å². The number of halogens is 4. The summed E-state index contributed by atoms with van der Waals surface area (Å²) < 4.78 is 42.9. The summed E-state index contributed by atoms with van der Waals surface area (Å²) in [5, 5.41) is 4.52. The standard InChI is InChI=1S/C17H17ClF3N3O2/c1-11-13(16(18)24(3)22-11)8-9-15(25)23(2)10-12-6-4-5-7-14(12)26-17(19,20)21/h4-9H,10H2,1-3H3/b9-8+. The van der Waals surface area contributed by atoms with E-state index in [9.17, 15) is 18.0 Å². The van der Waals surface area contributed by atoms with Gasteiger partial charge in [-0.25, -0.2) is 0 Å². The number of carbonyl (C=O) groups is 1. The lowest BCUT2D eigenvalue weighted by atomic mass is 10.2. The largest absolute Gasteiger partial charge is 0.573 e. The maximum atomic E-state index is 12.5. The summed E-state index contributed by atoms with van der Waals surface area (Å²) >= 11 is 6.09. The third-order valence-corrected chi connectivity index (χ3v) is 4.02. The van der Waals surface area contributed by atoms with E-state index in [2.05, 4.69) is 9.84 Å². The minimum atomic E-state index is -4.80. The van der Waals surface area contributed by atoms with E-state index in [4.69, 9.17) is 11.6 Å². The maximum Gasteiger partial charge on any atom is 0.573 e. The highest BCUT2D eigenvalue weighted by Gasteiger charge is 2.32. The molecule has 0 unspecified atom stereocenters. The molecule has 0 aliphatic rings. The van der Waals surface area contributed by atoms with Gasteiger partial charge in [-0.3, -0.25) is 9.48 Å². The van der Waals surface area contributed by atoms with E-state index in [1.165, 1.54) is 47.0 Å². The minimum Gasteiger partial charge on any atom is -0.405 e. The van der Waals surface area contributed by atoms with Gasteiger partial charge in [0.2, 0.25) is 5.91 Å². The fraction of sp³-hybridized carbons (Fsp3) is 0.294. The van der Waals surface area contributed by atoms with Crippen LogP contribution in [0.25, 0.3) is 6.08 Å². The summed E-state index contributed by atoms with van der Waals surface area (Å²) in [5.74, 6) is -0.735. The van der Waals surface area contributed by atoms with E-state index in [1.54, 1.807) is 20.0 Å². The van der Waals surface area contributed by atoms with Crippen LogP contribution in [0.1, 0.15) is 16.8 Å². The Labute approximate surface area is 153 Å². The second kappa shape index (κ2) is 7.82. The van der Waals surface area contributed by atoms with Gasteiger partial charge >= 0.3 is 6.36 Å². The summed E-state index contributed by atoms with van der Waals surface area (Å²) in [6.07, 6.45) is -1.97. The third kappa shape index (κ3) is 5.01. The third-order valence-electron chi connectivity index (χ3n) is 3.57. The van der Waals surface area contributed by atoms with Gasteiger partial charge in [0.1, 0.15) is 10.9 Å². The number of aromatic nitrogens is 2. The monoisotopic (exact) mass is 387 g/mol. The van der Waals surface area contributed by atoms with Gasteiger partial charge in [0.15, 0.2) is 0 Å². The van der Waals surface area contributed by atoms with Crippen LogP contribution in [0.15, 0.2) is 30.3 Å². The number of benzene rings is 1. The number of amides is 1. The number of hydrogen-bond acceptors (Lipinski definition) is 3. The molecule has 1 amide bonds. The van der Waals surface area contributed by atoms with Crippen molar-refractivity contribution in [2.24, 2.45) is 7.05 Å². The maximum absolute atomic E-state index is 12.5. The molecule has 1 aromatic carbocycles. The van der Waals surface area contributed by atoms with Gasteiger partial charge in [-0.1, -0.05) is 29.8 Å². The highest BCUT2D eigenvalue weighted by atomic mass is 35.5. The van der Waals surface area contributed by atoms with Crippen molar-refractivity contribution in [3.05, 3.63) is 52.3 Å². The van der Waals surface area contributed by atoms with Crippen molar-refractivity contribution in [3.63, 3.8) is 0 Å². The first-order chi connectivity index (χ1) is 12.1. The van der Waals surface area contributed by atoms with E-state index in [1.807, 2.05) is 0 Å². The van der Waals surface area contributed by atoms with E-state index in [0.717, 1.165) is 0 Å². The van der Waals surface area contributed by atoms with Crippen LogP contribution in [0.4, 0.5) is 13.2 Å². The van der Waals surface area contributed by atoms with Crippen molar-refractivity contribution in [2.45, 2.75) is 19.8 Å². The molecule has 0 aliphatic heterocycles. The first kappa shape index (κ1) is 19.8. The van der Waals surface area contributed by atoms with Crippen LogP contribution in [0.2, 0.25) is 5.15 Å². The molecule has 0 saturated heterocycles. The van der Waals surface area contributed by atoms with Crippen LogP contribution in [-0.2, 0) is 18.4 Å². The van der Waals surface area contributed by atoms with Crippen molar-refractivity contribution < 1.29 is 22.7 Å². The molecule has 0 radical (unpaired) electrons. The molecular weight excluding hydrogens is 371 g/mol. The van der Waals surface area contributed by atoms with Crippen molar-refractivity contribution in [1.82, 2.24) is 14.7 Å². The minimum absolute atomic E-state index is 0.0464. The van der Waals surface area contributed by atoms with Crippen LogP contribution in [0.5, 0.6) is 5.75 Å². The molecule has 0 N–H and O–H groups in total. The normalized spacial score (nSPS) is 11.8. The number of carbonyl (C=O) groups excluding carboxylic acids is 1. The van der Waals surface area contributed by atoms with Crippen LogP contribution >= 0.6 is 11.6 Å². The molecule has 1 heterocycles. The molecule has 9 heteroatoms. The van der Waals surface area contributed by atoms with Gasteiger partial charge in [0, 0.05) is 37.8 Å². The summed E-state index contributed by atoms with van der Waals surface area (Å²) in [6, 6.07) is 5.68. The van der Waals surface area contributed by atoms with Crippen LogP contribution in [0.3, 0.4) is 0 Å². The Morgan fingerprint density at radius 3 is 2.62 bits per heavy atom. The summed E-state index contributed by atoms with van der Waals surface area (Å²) in [5.41, 5.74) is 1.51. The Kier molecular flexibility index (Phi) is 5.97. The second-order valence-electron chi connectivity index (χ2n) is 5.60. The van der Waals surface area contributed by atoms with Gasteiger partial charge < -0.3 is 9.64 Å². The average Bonchev–Trinajstić information content (AvgIpc) is 2.78. The summed E-state index contributed by atoms with van der Waals surface area (Å²) in [6.45, 7) is 1.71. The number of hydrogen-bond donors (Lipinski definition) is 0. The number of ether oxygens (including phenoxy) is 1. The Morgan fingerprint density at radius 2 is 2.04 bits per heavy atom. The summed E-state index contributed by atoms with van der Waals surface area (Å²) in [4.78, 5) is 13.5.